The van der Waals surface area contributed by atoms with E-state index in [1.165, 1.54) is 32.1 Å². The van der Waals surface area contributed by atoms with Crippen LogP contribution in [0.15, 0.2) is 0 Å². The highest BCUT2D eigenvalue weighted by atomic mass is 16.2. The van der Waals surface area contributed by atoms with Crippen LogP contribution in [0.4, 0.5) is 0 Å². The molecule has 0 spiro atoms. The fourth-order valence-electron chi connectivity index (χ4n) is 3.85. The van der Waals surface area contributed by atoms with Crippen LogP contribution in [0, 0.1) is 5.92 Å². The Kier molecular flexibility index (Phi) is 5.26. The predicted molar refractivity (Wildman–Crippen MR) is 79.1 cm³/mol. The lowest BCUT2D eigenvalue weighted by Crippen LogP contribution is -2.56. The van der Waals surface area contributed by atoms with E-state index in [0.717, 1.165) is 32.2 Å². The molecule has 1 amide bonds. The van der Waals surface area contributed by atoms with Crippen LogP contribution in [0.5, 0.6) is 0 Å². The normalized spacial score (nSPS) is 30.2. The van der Waals surface area contributed by atoms with Gasteiger partial charge in [0.15, 0.2) is 0 Å². The molecule has 0 radical (unpaired) electrons. The second kappa shape index (κ2) is 6.74. The van der Waals surface area contributed by atoms with Crippen molar-refractivity contribution in [2.45, 2.75) is 83.2 Å². The van der Waals surface area contributed by atoms with Gasteiger partial charge in [0, 0.05) is 6.04 Å². The van der Waals surface area contributed by atoms with Crippen LogP contribution in [-0.2, 0) is 4.79 Å². The monoisotopic (exact) mass is 266 g/mol. The van der Waals surface area contributed by atoms with Crippen LogP contribution in [0.25, 0.3) is 0 Å². The molecule has 2 atom stereocenters. The lowest BCUT2D eigenvalue weighted by atomic mass is 9.83. The molecule has 0 aromatic rings. The predicted octanol–water partition coefficient (Wildman–Crippen LogP) is 2.99. The van der Waals surface area contributed by atoms with Gasteiger partial charge in [0.2, 0.25) is 5.91 Å². The zero-order chi connectivity index (χ0) is 13.7. The molecule has 0 aromatic heterocycles. The number of amides is 1. The van der Waals surface area contributed by atoms with E-state index in [-0.39, 0.29) is 11.4 Å². The molecule has 1 aliphatic carbocycles. The summed E-state index contributed by atoms with van der Waals surface area (Å²) in [6.45, 7) is 5.35. The summed E-state index contributed by atoms with van der Waals surface area (Å²) in [6, 6.07) is 0.337. The third kappa shape index (κ3) is 3.50. The van der Waals surface area contributed by atoms with Crippen molar-refractivity contribution in [2.24, 2.45) is 5.92 Å². The summed E-state index contributed by atoms with van der Waals surface area (Å²) >= 11 is 0. The minimum atomic E-state index is -0.266. The summed E-state index contributed by atoms with van der Waals surface area (Å²) in [7, 11) is 0. The van der Waals surface area contributed by atoms with Gasteiger partial charge in [-0.2, -0.15) is 0 Å². The van der Waals surface area contributed by atoms with Gasteiger partial charge in [-0.25, -0.2) is 0 Å². The third-order valence-corrected chi connectivity index (χ3v) is 5.07. The van der Waals surface area contributed by atoms with Crippen molar-refractivity contribution < 1.29 is 4.79 Å². The molecule has 110 valence electrons. The van der Waals surface area contributed by atoms with Gasteiger partial charge >= 0.3 is 0 Å². The molecule has 1 unspecified atom stereocenters. The van der Waals surface area contributed by atoms with E-state index < -0.39 is 0 Å². The molecular weight excluding hydrogens is 236 g/mol. The lowest BCUT2D eigenvalue weighted by Gasteiger charge is -2.33. The van der Waals surface area contributed by atoms with E-state index in [2.05, 4.69) is 24.5 Å². The zero-order valence-corrected chi connectivity index (χ0v) is 12.6. The van der Waals surface area contributed by atoms with E-state index in [9.17, 15) is 4.79 Å². The van der Waals surface area contributed by atoms with Gasteiger partial charge in [0.05, 0.1) is 5.54 Å². The van der Waals surface area contributed by atoms with Crippen LogP contribution in [0.2, 0.25) is 0 Å². The Balaban J connectivity index is 1.90. The maximum atomic E-state index is 12.6. The van der Waals surface area contributed by atoms with Gasteiger partial charge in [-0.15, -0.1) is 0 Å². The Bertz CT molecular complexity index is 291. The fraction of sp³-hybridized carbons (Fsp3) is 0.938. The first-order chi connectivity index (χ1) is 9.18. The smallest absolute Gasteiger partial charge is 0.240 e. The third-order valence-electron chi connectivity index (χ3n) is 5.07. The Labute approximate surface area is 117 Å². The molecule has 0 aromatic carbocycles. The summed E-state index contributed by atoms with van der Waals surface area (Å²) in [6.07, 6.45) is 10.8. The zero-order valence-electron chi connectivity index (χ0n) is 12.6. The quantitative estimate of drug-likeness (QED) is 0.803. The average Bonchev–Trinajstić information content (AvgIpc) is 2.90. The first-order valence-corrected chi connectivity index (χ1v) is 8.24. The van der Waals surface area contributed by atoms with Gasteiger partial charge in [-0.05, 0) is 51.5 Å². The summed E-state index contributed by atoms with van der Waals surface area (Å²) in [4.78, 5) is 12.6. The van der Waals surface area contributed by atoms with E-state index in [1.54, 1.807) is 0 Å². The standard InChI is InChI=1S/C16H30N2O/c1-3-10-16(11-7-12-17-16)15(19)18-13(2)14-8-5-4-6-9-14/h13-14,17H,3-12H2,1-2H3,(H,18,19)/t13-,16?/m0/s1. The van der Waals surface area contributed by atoms with Crippen molar-refractivity contribution in [1.82, 2.24) is 10.6 Å². The van der Waals surface area contributed by atoms with Gasteiger partial charge in [-0.1, -0.05) is 32.6 Å². The van der Waals surface area contributed by atoms with E-state index >= 15 is 0 Å². The number of hydrogen-bond acceptors (Lipinski definition) is 2. The number of rotatable bonds is 5. The molecule has 3 nitrogen and oxygen atoms in total. The van der Waals surface area contributed by atoms with Gasteiger partial charge < -0.3 is 10.6 Å². The van der Waals surface area contributed by atoms with Crippen molar-refractivity contribution >= 4 is 5.91 Å². The van der Waals surface area contributed by atoms with E-state index in [0.29, 0.717) is 12.0 Å². The summed E-state index contributed by atoms with van der Waals surface area (Å²) in [5.41, 5.74) is -0.266. The molecule has 2 aliphatic rings. The summed E-state index contributed by atoms with van der Waals surface area (Å²) in [5, 5.41) is 6.78. The Hall–Kier alpha value is -0.570. The molecule has 2 rings (SSSR count). The number of hydrogen-bond donors (Lipinski definition) is 2. The minimum absolute atomic E-state index is 0.255. The largest absolute Gasteiger partial charge is 0.352 e. The highest BCUT2D eigenvalue weighted by Crippen LogP contribution is 2.28. The van der Waals surface area contributed by atoms with Crippen molar-refractivity contribution in [3.63, 3.8) is 0 Å². The van der Waals surface area contributed by atoms with Crippen molar-refractivity contribution in [2.75, 3.05) is 6.54 Å². The molecule has 2 N–H and O–H groups in total. The second-order valence-corrected chi connectivity index (χ2v) is 6.52. The van der Waals surface area contributed by atoms with E-state index in [4.69, 9.17) is 0 Å². The maximum Gasteiger partial charge on any atom is 0.240 e. The first-order valence-electron chi connectivity index (χ1n) is 8.24. The average molecular weight is 266 g/mol. The topological polar surface area (TPSA) is 41.1 Å². The Morgan fingerprint density at radius 1 is 1.32 bits per heavy atom. The summed E-state index contributed by atoms with van der Waals surface area (Å²) < 4.78 is 0. The van der Waals surface area contributed by atoms with Crippen LogP contribution in [0.1, 0.15) is 71.6 Å². The highest BCUT2D eigenvalue weighted by molar-refractivity contribution is 5.86. The molecular formula is C16H30N2O. The fourth-order valence-corrected chi connectivity index (χ4v) is 3.85. The van der Waals surface area contributed by atoms with Crippen LogP contribution < -0.4 is 10.6 Å². The second-order valence-electron chi connectivity index (χ2n) is 6.52. The number of nitrogens with one attached hydrogen (secondary N) is 2. The van der Waals surface area contributed by atoms with Gasteiger partial charge in [-0.3, -0.25) is 4.79 Å². The lowest BCUT2D eigenvalue weighted by molar-refractivity contribution is -0.128. The Morgan fingerprint density at radius 3 is 2.63 bits per heavy atom. The van der Waals surface area contributed by atoms with Crippen molar-refractivity contribution in [3.05, 3.63) is 0 Å². The van der Waals surface area contributed by atoms with E-state index in [1.807, 2.05) is 0 Å². The maximum absolute atomic E-state index is 12.6. The minimum Gasteiger partial charge on any atom is -0.352 e. The molecule has 3 heteroatoms. The molecule has 2 fully saturated rings. The van der Waals surface area contributed by atoms with Crippen LogP contribution in [-0.4, -0.2) is 24.0 Å². The van der Waals surface area contributed by atoms with Crippen LogP contribution in [0.3, 0.4) is 0 Å². The first kappa shape index (κ1) is 14.8. The van der Waals surface area contributed by atoms with Gasteiger partial charge in [0.25, 0.3) is 0 Å². The molecule has 1 aliphatic heterocycles. The molecule has 1 heterocycles. The van der Waals surface area contributed by atoms with Crippen molar-refractivity contribution in [1.29, 1.82) is 0 Å². The Morgan fingerprint density at radius 2 is 2.05 bits per heavy atom. The number of carbonyl (C=O) groups is 1. The van der Waals surface area contributed by atoms with Gasteiger partial charge in [0.1, 0.15) is 0 Å². The SMILES string of the molecule is CCCC1(C(=O)N[C@@H](C)C2CCCCC2)CCCN1. The van der Waals surface area contributed by atoms with Crippen LogP contribution >= 0.6 is 0 Å². The summed E-state index contributed by atoms with van der Waals surface area (Å²) in [5.74, 6) is 0.947. The molecule has 0 bridgehead atoms. The molecule has 1 saturated heterocycles. The van der Waals surface area contributed by atoms with Crippen molar-refractivity contribution in [3.8, 4) is 0 Å². The highest BCUT2D eigenvalue weighted by Gasteiger charge is 2.40. The number of carbonyl (C=O) groups excluding carboxylic acids is 1. The molecule has 19 heavy (non-hydrogen) atoms. The molecule has 1 saturated carbocycles.